The number of H-pyrrole nitrogens is 3. The van der Waals surface area contributed by atoms with Gasteiger partial charge in [0.1, 0.15) is 28.5 Å². The minimum absolute atomic E-state index is 0.0191. The molecule has 4 heterocycles. The molecule has 274 valence electrons. The van der Waals surface area contributed by atoms with Crippen LogP contribution in [0.25, 0.3) is 11.0 Å². The highest BCUT2D eigenvalue weighted by molar-refractivity contribution is 6.18. The maximum atomic E-state index is 13.3. The van der Waals surface area contributed by atoms with E-state index in [0.29, 0.717) is 64.2 Å². The number of alkyl halides is 2. The number of oxime groups is 1. The highest BCUT2D eigenvalue weighted by atomic mass is 35.5. The minimum Gasteiger partial charge on any atom is -0.451 e. The van der Waals surface area contributed by atoms with Crippen molar-refractivity contribution in [2.75, 3.05) is 52.2 Å². The number of anilines is 4. The third kappa shape index (κ3) is 8.19. The number of fused-ring (bicyclic) bond motifs is 1. The number of aromatic nitrogens is 3. The van der Waals surface area contributed by atoms with Crippen LogP contribution in [-0.2, 0) is 0 Å². The summed E-state index contributed by atoms with van der Waals surface area (Å²) in [6.07, 6.45) is 4.65. The van der Waals surface area contributed by atoms with Gasteiger partial charge in [0.15, 0.2) is 5.76 Å². The van der Waals surface area contributed by atoms with Gasteiger partial charge in [-0.25, -0.2) is 0 Å². The predicted octanol–water partition coefficient (Wildman–Crippen LogP) is 5.25. The number of hydrogen-bond acceptors (Lipinski definition) is 8. The molecule has 0 atom stereocenters. The maximum Gasteiger partial charge on any atom is 0.291 e. The fourth-order valence-corrected chi connectivity index (χ4v) is 5.90. The van der Waals surface area contributed by atoms with Gasteiger partial charge in [-0.05, 0) is 45.0 Å². The van der Waals surface area contributed by atoms with Crippen LogP contribution in [0.1, 0.15) is 65.1 Å². The predicted molar refractivity (Wildman–Crippen MR) is 201 cm³/mol. The van der Waals surface area contributed by atoms with Gasteiger partial charge in [0.05, 0.1) is 17.1 Å². The van der Waals surface area contributed by atoms with Gasteiger partial charge < -0.3 is 56.5 Å². The maximum absolute atomic E-state index is 13.3. The van der Waals surface area contributed by atoms with E-state index in [4.69, 9.17) is 38.6 Å². The molecule has 4 aromatic heterocycles. The number of amides is 4. The summed E-state index contributed by atoms with van der Waals surface area (Å²) < 4.78 is 5.80. The fourth-order valence-electron chi connectivity index (χ4n) is 5.49. The monoisotopic (exact) mass is 752 g/mol. The van der Waals surface area contributed by atoms with E-state index >= 15 is 0 Å². The third-order valence-electron chi connectivity index (χ3n) is 8.44. The molecule has 0 aliphatic rings. The van der Waals surface area contributed by atoms with E-state index in [1.807, 2.05) is 12.1 Å². The second-order valence-corrected chi connectivity index (χ2v) is 12.5. The summed E-state index contributed by atoms with van der Waals surface area (Å²) in [7, 11) is 0. The number of hydrogen-bond donors (Lipinski definition) is 9. The van der Waals surface area contributed by atoms with Crippen molar-refractivity contribution in [3.8, 4) is 0 Å². The second-order valence-electron chi connectivity index (χ2n) is 11.8. The Balaban J connectivity index is 1.21. The third-order valence-corrected chi connectivity index (χ3v) is 8.78. The molecule has 16 nitrogen and oxygen atoms in total. The Hall–Kier alpha value is -5.87. The van der Waals surface area contributed by atoms with Crippen LogP contribution in [0.15, 0.2) is 52.4 Å². The number of carbonyl (C=O) groups is 4. The summed E-state index contributed by atoms with van der Waals surface area (Å²) in [5.74, 6) is -0.955. The lowest BCUT2D eigenvalue weighted by Gasteiger charge is -2.22. The van der Waals surface area contributed by atoms with E-state index in [-0.39, 0.29) is 41.6 Å². The van der Waals surface area contributed by atoms with Crippen LogP contribution in [-0.4, -0.2) is 81.0 Å². The zero-order valence-corrected chi connectivity index (χ0v) is 30.0. The second kappa shape index (κ2) is 16.4. The number of nitrogens with two attached hydrogens (primary N) is 1. The molecule has 18 heteroatoms. The zero-order chi connectivity index (χ0) is 37.5. The van der Waals surface area contributed by atoms with Crippen molar-refractivity contribution in [2.45, 2.75) is 27.2 Å². The molecule has 52 heavy (non-hydrogen) atoms. The first-order valence-corrected chi connectivity index (χ1v) is 17.2. The molecule has 0 unspecified atom stereocenters. The van der Waals surface area contributed by atoms with Crippen LogP contribution in [0.3, 0.4) is 0 Å². The zero-order valence-electron chi connectivity index (χ0n) is 28.5. The van der Waals surface area contributed by atoms with Crippen molar-refractivity contribution in [1.82, 2.24) is 20.3 Å². The molecule has 0 saturated carbocycles. The lowest BCUT2D eigenvalue weighted by atomic mass is 10.2. The van der Waals surface area contributed by atoms with Crippen LogP contribution >= 0.6 is 23.2 Å². The van der Waals surface area contributed by atoms with Crippen LogP contribution in [0.4, 0.5) is 22.7 Å². The molecular weight excluding hydrogens is 715 g/mol. The first-order valence-electron chi connectivity index (χ1n) is 16.1. The largest absolute Gasteiger partial charge is 0.451 e. The molecular formula is C34H38Cl2N10O6. The fraction of sp³-hybridized carbons (Fsp3) is 0.265. The van der Waals surface area contributed by atoms with Crippen LogP contribution in [0.5, 0.6) is 0 Å². The van der Waals surface area contributed by atoms with Crippen molar-refractivity contribution < 1.29 is 28.8 Å². The molecule has 5 rings (SSSR count). The van der Waals surface area contributed by atoms with E-state index in [9.17, 15) is 19.2 Å². The number of benzene rings is 1. The SMILES string of the molecule is Cc1c(NC(=O)c2cc3cc(N(CCCl)CCCl)ccc3o2)c[nH]c1C(=O)Nc1c[nH]c(C(=O)Nc2c[nH]c(C(=O)NCCC(N)=NO)c2C)c1C. The van der Waals surface area contributed by atoms with Crippen LogP contribution in [0.2, 0.25) is 0 Å². The molecule has 5 aromatic rings. The Labute approximate surface area is 307 Å². The Morgan fingerprint density at radius 1 is 0.788 bits per heavy atom. The Kier molecular flexibility index (Phi) is 11.8. The first kappa shape index (κ1) is 37.4. The number of nitrogens with one attached hydrogen (secondary N) is 7. The number of nitrogens with zero attached hydrogens (tertiary/aromatic N) is 2. The van der Waals surface area contributed by atoms with Crippen molar-refractivity contribution >= 4 is 86.4 Å². The quantitative estimate of drug-likeness (QED) is 0.0224. The smallest absolute Gasteiger partial charge is 0.291 e. The van der Waals surface area contributed by atoms with Crippen molar-refractivity contribution in [2.24, 2.45) is 10.9 Å². The Morgan fingerprint density at radius 2 is 1.29 bits per heavy atom. The van der Waals surface area contributed by atoms with Gasteiger partial charge in [0, 0.05) is 84.2 Å². The molecule has 1 aromatic carbocycles. The number of amidine groups is 1. The molecule has 10 N–H and O–H groups in total. The van der Waals surface area contributed by atoms with Crippen molar-refractivity contribution in [3.63, 3.8) is 0 Å². The summed E-state index contributed by atoms with van der Waals surface area (Å²) >= 11 is 11.9. The van der Waals surface area contributed by atoms with Crippen molar-refractivity contribution in [1.29, 1.82) is 0 Å². The van der Waals surface area contributed by atoms with Gasteiger partial charge in [-0.2, -0.15) is 0 Å². The summed E-state index contributed by atoms with van der Waals surface area (Å²) in [4.78, 5) is 62.8. The van der Waals surface area contributed by atoms with Crippen molar-refractivity contribution in [3.05, 3.63) is 82.4 Å². The molecule has 0 spiro atoms. The highest BCUT2D eigenvalue weighted by Crippen LogP contribution is 2.28. The normalized spacial score (nSPS) is 11.4. The molecule has 0 saturated heterocycles. The minimum atomic E-state index is -0.496. The van der Waals surface area contributed by atoms with E-state index < -0.39 is 23.6 Å². The summed E-state index contributed by atoms with van der Waals surface area (Å²) in [5.41, 5.74) is 10.1. The van der Waals surface area contributed by atoms with Gasteiger partial charge in [-0.1, -0.05) is 5.16 Å². The van der Waals surface area contributed by atoms with Gasteiger partial charge in [0.25, 0.3) is 23.6 Å². The average molecular weight is 754 g/mol. The highest BCUT2D eigenvalue weighted by Gasteiger charge is 2.23. The van der Waals surface area contributed by atoms with E-state index in [0.717, 1.165) is 11.1 Å². The lowest BCUT2D eigenvalue weighted by Crippen LogP contribution is -2.28. The molecule has 0 bridgehead atoms. The Bertz CT molecular complexity index is 2140. The first-order chi connectivity index (χ1) is 24.9. The van der Waals surface area contributed by atoms with Crippen LogP contribution in [0, 0.1) is 20.8 Å². The summed E-state index contributed by atoms with van der Waals surface area (Å²) in [5, 5.41) is 23.2. The molecule has 0 fully saturated rings. The van der Waals surface area contributed by atoms with Gasteiger partial charge in [-0.15, -0.1) is 23.2 Å². The lowest BCUT2D eigenvalue weighted by molar-refractivity contribution is 0.0947. The topological polar surface area (TPSA) is 239 Å². The van der Waals surface area contributed by atoms with Gasteiger partial charge in [0.2, 0.25) is 0 Å². The molecule has 0 aliphatic carbocycles. The number of halogens is 2. The van der Waals surface area contributed by atoms with Gasteiger partial charge >= 0.3 is 0 Å². The Morgan fingerprint density at radius 3 is 1.79 bits per heavy atom. The summed E-state index contributed by atoms with van der Waals surface area (Å²) in [6.45, 7) is 6.41. The molecule has 0 radical (unpaired) electrons. The number of carbonyl (C=O) groups excluding carboxylic acids is 4. The molecule has 4 amide bonds. The van der Waals surface area contributed by atoms with Gasteiger partial charge in [-0.3, -0.25) is 19.2 Å². The van der Waals surface area contributed by atoms with E-state index in [2.05, 4.69) is 46.3 Å². The van der Waals surface area contributed by atoms with E-state index in [1.165, 1.54) is 18.6 Å². The standard InChI is InChI=1S/C34H38Cl2N10O6/c1-17-23(15-39-28(17)32(48)38-9-6-27(37)45-51)43-34(50)30-19(3)24(16-41-30)44-33(49)29-18(2)22(14-40-29)42-31(47)26-13-20-12-21(4-5-25(20)52-26)46(10-7-35)11-8-36/h4-5,12-16,39-41,51H,6-11H2,1-3H3,(H2,37,45)(H,38,48)(H,42,47)(H,43,50)(H,44,49). The number of rotatable bonds is 15. The summed E-state index contributed by atoms with van der Waals surface area (Å²) in [6, 6.07) is 7.23. The van der Waals surface area contributed by atoms with E-state index in [1.54, 1.807) is 32.9 Å². The average Bonchev–Trinajstić information content (AvgIpc) is 3.90. The number of aromatic amines is 3. The molecule has 0 aliphatic heterocycles. The van der Waals surface area contributed by atoms with Crippen LogP contribution < -0.4 is 31.9 Å². The number of furan rings is 1.